The highest BCUT2D eigenvalue weighted by molar-refractivity contribution is 5.68. The molecule has 3 aromatic heterocycles. The molecule has 9 heteroatoms. The van der Waals surface area contributed by atoms with Crippen molar-refractivity contribution in [2.45, 2.75) is 0 Å². The lowest BCUT2D eigenvalue weighted by Crippen LogP contribution is -2.36. The fourth-order valence-electron chi connectivity index (χ4n) is 1.41. The van der Waals surface area contributed by atoms with Crippen molar-refractivity contribution in [3.63, 3.8) is 0 Å². The number of rotatable bonds is 0. The number of hydrogen-bond donors (Lipinski definition) is 1. The van der Waals surface area contributed by atoms with Crippen molar-refractivity contribution in [2.24, 2.45) is 14.1 Å². The van der Waals surface area contributed by atoms with Crippen molar-refractivity contribution in [1.29, 1.82) is 0 Å². The number of aromatic nitrogens is 6. The quantitative estimate of drug-likeness (QED) is 0.549. The molecular weight excluding hydrogens is 240 g/mol. The number of aromatic amines is 1. The Morgan fingerprint density at radius 3 is 2.61 bits per heavy atom. The van der Waals surface area contributed by atoms with Gasteiger partial charge in [0.25, 0.3) is 5.56 Å². The second-order valence-electron chi connectivity index (χ2n) is 3.39. The number of nitrogens with zero attached hydrogens (tertiary/aromatic N) is 5. The van der Waals surface area contributed by atoms with Gasteiger partial charge in [-0.2, -0.15) is 0 Å². The summed E-state index contributed by atoms with van der Waals surface area (Å²) in [5, 5.41) is 6.40. The molecule has 0 unspecified atom stereocenters. The topological polar surface area (TPSA) is 112 Å². The average molecular weight is 250 g/mol. The first-order chi connectivity index (χ1) is 8.63. The van der Waals surface area contributed by atoms with Crippen molar-refractivity contribution < 1.29 is 4.52 Å². The second kappa shape index (κ2) is 4.65. The smallest absolute Gasteiger partial charge is 0.332 e. The number of imidazole rings is 1. The van der Waals surface area contributed by atoms with E-state index in [1.807, 2.05) is 0 Å². The third-order valence-electron chi connectivity index (χ3n) is 2.31. The van der Waals surface area contributed by atoms with Gasteiger partial charge in [0.2, 0.25) is 0 Å². The molecule has 0 atom stereocenters. The zero-order valence-electron chi connectivity index (χ0n) is 9.69. The summed E-state index contributed by atoms with van der Waals surface area (Å²) in [5.41, 5.74) is 0.0119. The van der Waals surface area contributed by atoms with Crippen LogP contribution in [0.5, 0.6) is 0 Å². The van der Waals surface area contributed by atoms with Gasteiger partial charge in [0.05, 0.1) is 12.5 Å². The SMILES string of the molecule is Cn1c(=O)c2[nH]cnc2n(C)c1=O.c1conn1. The summed E-state index contributed by atoms with van der Waals surface area (Å²) in [4.78, 5) is 29.4. The Balaban J connectivity index is 0.000000202. The minimum Gasteiger partial charge on any atom is -0.346 e. The molecule has 0 spiro atoms. The highest BCUT2D eigenvalue weighted by atomic mass is 16.5. The molecule has 3 heterocycles. The van der Waals surface area contributed by atoms with Crippen LogP contribution in [0.15, 0.2) is 32.9 Å². The minimum atomic E-state index is -0.371. The molecule has 9 nitrogen and oxygen atoms in total. The first-order valence-corrected chi connectivity index (χ1v) is 4.93. The molecule has 0 amide bonds. The lowest BCUT2D eigenvalue weighted by atomic mass is 10.5. The van der Waals surface area contributed by atoms with E-state index >= 15 is 0 Å². The van der Waals surface area contributed by atoms with Crippen molar-refractivity contribution in [3.05, 3.63) is 39.6 Å². The van der Waals surface area contributed by atoms with E-state index < -0.39 is 0 Å². The van der Waals surface area contributed by atoms with Crippen LogP contribution < -0.4 is 11.2 Å². The van der Waals surface area contributed by atoms with Gasteiger partial charge in [0.15, 0.2) is 5.65 Å². The average Bonchev–Trinajstić information content (AvgIpc) is 3.05. The van der Waals surface area contributed by atoms with Crippen LogP contribution in [0.4, 0.5) is 0 Å². The monoisotopic (exact) mass is 250 g/mol. The molecule has 3 aromatic rings. The number of H-pyrrole nitrogens is 1. The molecular formula is C9H10N6O3. The van der Waals surface area contributed by atoms with Gasteiger partial charge in [0, 0.05) is 19.4 Å². The molecule has 0 aliphatic rings. The fourth-order valence-corrected chi connectivity index (χ4v) is 1.41. The van der Waals surface area contributed by atoms with Crippen molar-refractivity contribution >= 4 is 11.2 Å². The first kappa shape index (κ1) is 11.8. The van der Waals surface area contributed by atoms with E-state index in [0.717, 1.165) is 4.57 Å². The van der Waals surface area contributed by atoms with E-state index in [1.165, 1.54) is 30.4 Å². The Morgan fingerprint density at radius 2 is 2.06 bits per heavy atom. The van der Waals surface area contributed by atoms with Gasteiger partial charge in [-0.15, -0.1) is 5.10 Å². The summed E-state index contributed by atoms with van der Waals surface area (Å²) in [6, 6.07) is 0. The van der Waals surface area contributed by atoms with Crippen LogP contribution in [0, 0.1) is 0 Å². The van der Waals surface area contributed by atoms with Gasteiger partial charge >= 0.3 is 5.69 Å². The highest BCUT2D eigenvalue weighted by Crippen LogP contribution is 1.97. The van der Waals surface area contributed by atoms with Crippen LogP contribution in [0.1, 0.15) is 0 Å². The summed E-state index contributed by atoms with van der Waals surface area (Å²) in [5.74, 6) is 0. The van der Waals surface area contributed by atoms with E-state index in [1.54, 1.807) is 7.05 Å². The zero-order valence-corrected chi connectivity index (χ0v) is 9.69. The summed E-state index contributed by atoms with van der Waals surface area (Å²) >= 11 is 0. The maximum atomic E-state index is 11.4. The molecule has 0 saturated carbocycles. The highest BCUT2D eigenvalue weighted by Gasteiger charge is 2.08. The number of nitrogens with one attached hydrogen (secondary N) is 1. The first-order valence-electron chi connectivity index (χ1n) is 4.93. The normalized spacial score (nSPS) is 10.1. The summed E-state index contributed by atoms with van der Waals surface area (Å²) in [7, 11) is 3.01. The minimum absolute atomic E-state index is 0.351. The Labute approximate surface area is 99.7 Å². The van der Waals surface area contributed by atoms with Crippen LogP contribution >= 0.6 is 0 Å². The van der Waals surface area contributed by atoms with Crippen LogP contribution in [0.3, 0.4) is 0 Å². The molecule has 0 aliphatic carbocycles. The van der Waals surface area contributed by atoms with E-state index in [9.17, 15) is 9.59 Å². The van der Waals surface area contributed by atoms with E-state index in [2.05, 4.69) is 24.9 Å². The predicted molar refractivity (Wildman–Crippen MR) is 60.9 cm³/mol. The Morgan fingerprint density at radius 1 is 1.28 bits per heavy atom. The van der Waals surface area contributed by atoms with Gasteiger partial charge in [-0.3, -0.25) is 13.9 Å². The van der Waals surface area contributed by atoms with E-state index in [4.69, 9.17) is 0 Å². The van der Waals surface area contributed by atoms with Crippen molar-refractivity contribution in [1.82, 2.24) is 29.5 Å². The largest absolute Gasteiger partial charge is 0.346 e. The van der Waals surface area contributed by atoms with Gasteiger partial charge in [-0.05, 0) is 0 Å². The molecule has 3 rings (SSSR count). The Hall–Kier alpha value is -2.71. The van der Waals surface area contributed by atoms with Gasteiger partial charge in [0.1, 0.15) is 11.8 Å². The van der Waals surface area contributed by atoms with Gasteiger partial charge in [-0.1, -0.05) is 0 Å². The van der Waals surface area contributed by atoms with Crippen LogP contribution in [-0.2, 0) is 14.1 Å². The van der Waals surface area contributed by atoms with E-state index in [-0.39, 0.29) is 11.2 Å². The van der Waals surface area contributed by atoms with E-state index in [0.29, 0.717) is 11.2 Å². The van der Waals surface area contributed by atoms with Gasteiger partial charge in [-0.25, -0.2) is 9.78 Å². The molecule has 0 bridgehead atoms. The molecule has 0 fully saturated rings. The van der Waals surface area contributed by atoms with Crippen molar-refractivity contribution in [2.75, 3.05) is 0 Å². The molecule has 94 valence electrons. The number of aryl methyl sites for hydroxylation is 1. The third kappa shape index (κ3) is 1.93. The third-order valence-corrected chi connectivity index (χ3v) is 2.31. The van der Waals surface area contributed by atoms with Crippen LogP contribution in [0.2, 0.25) is 0 Å². The molecule has 1 N–H and O–H groups in total. The van der Waals surface area contributed by atoms with Crippen LogP contribution in [-0.4, -0.2) is 29.5 Å². The summed E-state index contributed by atoms with van der Waals surface area (Å²) in [6.07, 6.45) is 4.27. The molecule has 0 radical (unpaired) electrons. The zero-order chi connectivity index (χ0) is 13.1. The van der Waals surface area contributed by atoms with Crippen LogP contribution in [0.25, 0.3) is 11.2 Å². The number of hydrogen-bond acceptors (Lipinski definition) is 6. The predicted octanol–water partition coefficient (Wildman–Crippen LogP) is -0.970. The molecule has 18 heavy (non-hydrogen) atoms. The standard InChI is InChI=1S/C7H8N4O2.C2H2N2O/c1-10-5-4(8-3-9-5)6(12)11(2)7(10)13;1-2-5-4-3-1/h3H,1-2H3,(H,8,9);1-2H. The lowest BCUT2D eigenvalue weighted by molar-refractivity contribution is 0.393. The Bertz CT molecular complexity index is 734. The Kier molecular flexibility index (Phi) is 3.04. The number of fused-ring (bicyclic) bond motifs is 1. The summed E-state index contributed by atoms with van der Waals surface area (Å²) in [6.45, 7) is 0. The molecule has 0 aliphatic heterocycles. The summed E-state index contributed by atoms with van der Waals surface area (Å²) < 4.78 is 6.59. The maximum absolute atomic E-state index is 11.4. The second-order valence-corrected chi connectivity index (χ2v) is 3.39. The van der Waals surface area contributed by atoms with Gasteiger partial charge < -0.3 is 9.51 Å². The maximum Gasteiger partial charge on any atom is 0.332 e. The molecule has 0 saturated heterocycles. The lowest BCUT2D eigenvalue weighted by Gasteiger charge is -2.00. The molecule has 0 aromatic carbocycles. The fraction of sp³-hybridized carbons (Fsp3) is 0.222. The van der Waals surface area contributed by atoms with Crippen molar-refractivity contribution in [3.8, 4) is 0 Å².